The van der Waals surface area contributed by atoms with E-state index < -0.39 is 0 Å². The molecule has 6 heteroatoms. The van der Waals surface area contributed by atoms with Crippen LogP contribution in [0.2, 0.25) is 5.02 Å². The Bertz CT molecular complexity index is 1190. The Hall–Kier alpha value is -2.94. The lowest BCUT2D eigenvalue weighted by Gasteiger charge is -2.13. The summed E-state index contributed by atoms with van der Waals surface area (Å²) >= 11 is 6.12. The Balaban J connectivity index is 1.76. The molecule has 1 spiro atoms. The molecule has 1 fully saturated rings. The van der Waals surface area contributed by atoms with Crippen LogP contribution in [0.4, 0.5) is 0 Å². The number of aryl methyl sites for hydroxylation is 1. The van der Waals surface area contributed by atoms with Crippen LogP contribution in [0.1, 0.15) is 47.6 Å². The van der Waals surface area contributed by atoms with Crippen molar-refractivity contribution in [1.82, 2.24) is 14.8 Å². The fraction of sp³-hybridized carbons (Fsp3) is 0.261. The highest BCUT2D eigenvalue weighted by molar-refractivity contribution is 6.30. The first-order chi connectivity index (χ1) is 14.1. The maximum Gasteiger partial charge on any atom is 0.165 e. The molecule has 0 bridgehead atoms. The number of rotatable bonds is 2. The zero-order chi connectivity index (χ0) is 20.0. The van der Waals surface area contributed by atoms with E-state index in [2.05, 4.69) is 38.7 Å². The van der Waals surface area contributed by atoms with Gasteiger partial charge in [-0.05, 0) is 50.1 Å². The van der Waals surface area contributed by atoms with Gasteiger partial charge in [0.25, 0.3) is 0 Å². The monoisotopic (exact) mass is 402 g/mol. The number of halogens is 1. The van der Waals surface area contributed by atoms with Gasteiger partial charge in [0.2, 0.25) is 0 Å². The van der Waals surface area contributed by atoms with Crippen LogP contribution in [0.5, 0.6) is 0 Å². The van der Waals surface area contributed by atoms with E-state index in [1.807, 2.05) is 37.3 Å². The second kappa shape index (κ2) is 6.84. The van der Waals surface area contributed by atoms with Gasteiger partial charge in [-0.3, -0.25) is 9.56 Å². The van der Waals surface area contributed by atoms with Gasteiger partial charge in [0.05, 0.1) is 18.0 Å². The largest absolute Gasteiger partial charge is 0.395 e. The topological polar surface area (TPSA) is 63.3 Å². The minimum absolute atomic E-state index is 0.0568. The molecule has 0 atom stereocenters. The Morgan fingerprint density at radius 1 is 1.14 bits per heavy atom. The van der Waals surface area contributed by atoms with E-state index in [1.165, 1.54) is 0 Å². The van der Waals surface area contributed by atoms with E-state index in [0.717, 1.165) is 52.6 Å². The number of aromatic nitrogens is 3. The first kappa shape index (κ1) is 18.1. The number of fused-ring (bicyclic) bond motifs is 4. The molecule has 1 aliphatic carbocycles. The number of aliphatic hydroxyl groups excluding tert-OH is 1. The molecule has 1 aliphatic heterocycles. The second-order valence-electron chi connectivity index (χ2n) is 7.41. The van der Waals surface area contributed by atoms with Gasteiger partial charge < -0.3 is 5.11 Å². The van der Waals surface area contributed by atoms with Crippen molar-refractivity contribution in [2.75, 3.05) is 6.61 Å². The highest BCUT2D eigenvalue weighted by atomic mass is 35.5. The lowest BCUT2D eigenvalue weighted by atomic mass is 9.98. The van der Waals surface area contributed by atoms with Crippen LogP contribution in [0, 0.1) is 18.8 Å². The number of hydrogen-bond donors (Lipinski definition) is 1. The molecule has 1 saturated carbocycles. The Morgan fingerprint density at radius 2 is 1.93 bits per heavy atom. The molecule has 1 N–H and O–H groups in total. The van der Waals surface area contributed by atoms with Crippen molar-refractivity contribution in [1.29, 1.82) is 0 Å². The molecule has 0 radical (unpaired) electrons. The van der Waals surface area contributed by atoms with Crippen molar-refractivity contribution in [2.24, 2.45) is 4.99 Å². The van der Waals surface area contributed by atoms with Crippen LogP contribution in [0.15, 0.2) is 47.5 Å². The van der Waals surface area contributed by atoms with Gasteiger partial charge in [-0.1, -0.05) is 35.6 Å². The van der Waals surface area contributed by atoms with Gasteiger partial charge in [-0.25, -0.2) is 0 Å². The smallest absolute Gasteiger partial charge is 0.165 e. The van der Waals surface area contributed by atoms with Crippen molar-refractivity contribution < 1.29 is 5.11 Å². The van der Waals surface area contributed by atoms with Gasteiger partial charge >= 0.3 is 0 Å². The molecule has 0 saturated heterocycles. The van der Waals surface area contributed by atoms with Crippen molar-refractivity contribution in [3.8, 4) is 17.5 Å². The lowest BCUT2D eigenvalue weighted by molar-refractivity contribution is 0.305. The third-order valence-electron chi connectivity index (χ3n) is 5.37. The summed E-state index contributed by atoms with van der Waals surface area (Å²) in [6.45, 7) is 2.03. The average Bonchev–Trinajstić information content (AvgIpc) is 3.43. The highest BCUT2D eigenvalue weighted by Gasteiger charge is 2.51. The average molecular weight is 403 g/mol. The van der Waals surface area contributed by atoms with Gasteiger partial charge in [0.15, 0.2) is 5.82 Å². The van der Waals surface area contributed by atoms with Gasteiger partial charge in [0, 0.05) is 28.1 Å². The van der Waals surface area contributed by atoms with Gasteiger partial charge in [-0.15, -0.1) is 10.2 Å². The Morgan fingerprint density at radius 3 is 2.66 bits per heavy atom. The number of aliphatic imine (C=N–C) groups is 1. The van der Waals surface area contributed by atoms with Crippen molar-refractivity contribution in [2.45, 2.75) is 31.7 Å². The molecule has 2 aliphatic rings. The van der Waals surface area contributed by atoms with E-state index >= 15 is 0 Å². The third-order valence-corrected chi connectivity index (χ3v) is 5.62. The maximum absolute atomic E-state index is 9.02. The van der Waals surface area contributed by atoms with Crippen LogP contribution in [0.3, 0.4) is 0 Å². The van der Waals surface area contributed by atoms with Gasteiger partial charge in [0.1, 0.15) is 11.4 Å². The summed E-state index contributed by atoms with van der Waals surface area (Å²) in [6.07, 6.45) is 2.37. The summed E-state index contributed by atoms with van der Waals surface area (Å²) in [5.41, 5.74) is 4.50. The lowest BCUT2D eigenvalue weighted by Crippen LogP contribution is -2.11. The molecule has 0 amide bonds. The van der Waals surface area contributed by atoms with E-state index in [0.29, 0.717) is 11.4 Å². The van der Waals surface area contributed by atoms with Gasteiger partial charge in [-0.2, -0.15) is 0 Å². The van der Waals surface area contributed by atoms with E-state index in [4.69, 9.17) is 21.7 Å². The number of hydrogen-bond acceptors (Lipinski definition) is 4. The predicted octanol–water partition coefficient (Wildman–Crippen LogP) is 3.80. The SMILES string of the molecule is Cc1nnc2n1-c1ccc(C#CCCO)cc1C(c1ccc(Cl)cc1)=NC21CC1. The fourth-order valence-corrected chi connectivity index (χ4v) is 3.90. The zero-order valence-electron chi connectivity index (χ0n) is 16.0. The molecule has 5 rings (SSSR count). The maximum atomic E-state index is 9.02. The summed E-state index contributed by atoms with van der Waals surface area (Å²) < 4.78 is 2.12. The number of aliphatic hydroxyl groups is 1. The van der Waals surface area contributed by atoms with E-state index in [9.17, 15) is 0 Å². The van der Waals surface area contributed by atoms with Crippen LogP contribution < -0.4 is 0 Å². The molecule has 144 valence electrons. The van der Waals surface area contributed by atoms with Crippen LogP contribution in [-0.4, -0.2) is 32.2 Å². The summed E-state index contributed by atoms with van der Waals surface area (Å²) in [7, 11) is 0. The molecule has 5 nitrogen and oxygen atoms in total. The standard InChI is InChI=1S/C23H19ClN4O/c1-15-26-27-22-23(11-12-23)25-21(17-6-8-18(24)9-7-17)19-14-16(4-2-3-13-29)5-10-20(19)28(15)22/h5-10,14,29H,3,11-13H2,1H3. The van der Waals surface area contributed by atoms with Crippen LogP contribution in [0.25, 0.3) is 5.69 Å². The summed E-state index contributed by atoms with van der Waals surface area (Å²) in [5.74, 6) is 7.89. The molecule has 2 heterocycles. The molecule has 0 unspecified atom stereocenters. The number of benzene rings is 2. The molecule has 2 aromatic carbocycles. The fourth-order valence-electron chi connectivity index (χ4n) is 3.78. The Labute approximate surface area is 174 Å². The second-order valence-corrected chi connectivity index (χ2v) is 7.85. The van der Waals surface area contributed by atoms with Crippen LogP contribution >= 0.6 is 11.6 Å². The first-order valence-corrected chi connectivity index (χ1v) is 10.0. The highest BCUT2D eigenvalue weighted by Crippen LogP contribution is 2.51. The summed E-state index contributed by atoms with van der Waals surface area (Å²) in [6, 6.07) is 13.9. The van der Waals surface area contributed by atoms with E-state index in [-0.39, 0.29) is 12.1 Å². The first-order valence-electron chi connectivity index (χ1n) is 9.64. The molecule has 3 aromatic rings. The quantitative estimate of drug-likeness (QED) is 0.663. The predicted molar refractivity (Wildman–Crippen MR) is 113 cm³/mol. The van der Waals surface area contributed by atoms with Crippen molar-refractivity contribution in [3.05, 3.63) is 75.8 Å². The third kappa shape index (κ3) is 3.05. The van der Waals surface area contributed by atoms with Crippen molar-refractivity contribution >= 4 is 17.3 Å². The molecule has 29 heavy (non-hydrogen) atoms. The Kier molecular flexibility index (Phi) is 4.27. The molecule has 1 aromatic heterocycles. The minimum atomic E-state index is -0.321. The zero-order valence-corrected chi connectivity index (χ0v) is 16.7. The van der Waals surface area contributed by atoms with E-state index in [1.54, 1.807) is 0 Å². The van der Waals surface area contributed by atoms with Crippen LogP contribution in [-0.2, 0) is 5.54 Å². The van der Waals surface area contributed by atoms with Crippen molar-refractivity contribution in [3.63, 3.8) is 0 Å². The minimum Gasteiger partial charge on any atom is -0.395 e. The molecular weight excluding hydrogens is 384 g/mol. The summed E-state index contributed by atoms with van der Waals surface area (Å²) in [4.78, 5) is 5.21. The number of nitrogens with zero attached hydrogens (tertiary/aromatic N) is 4. The molecular formula is C23H19ClN4O. The normalized spacial score (nSPS) is 15.6. The summed E-state index contributed by atoms with van der Waals surface area (Å²) in [5, 5.41) is 18.5.